The highest BCUT2D eigenvalue weighted by atomic mass is 16.6. The second-order valence-corrected chi connectivity index (χ2v) is 11.1. The summed E-state index contributed by atoms with van der Waals surface area (Å²) in [5.74, 6) is 0. The minimum absolute atomic E-state index is 0.0966. The van der Waals surface area contributed by atoms with E-state index in [1.807, 2.05) is 12.4 Å². The van der Waals surface area contributed by atoms with Crippen molar-refractivity contribution in [1.29, 1.82) is 0 Å². The molecule has 5 nitrogen and oxygen atoms in total. The summed E-state index contributed by atoms with van der Waals surface area (Å²) in [6, 6.07) is 0. The molecule has 0 spiro atoms. The van der Waals surface area contributed by atoms with Crippen LogP contribution in [0, 0.1) is 0 Å². The Hall–Kier alpha value is -1.10. The fourth-order valence-corrected chi connectivity index (χ4v) is 4.65. The van der Waals surface area contributed by atoms with E-state index in [4.69, 9.17) is 9.68 Å². The molecule has 0 fully saturated rings. The van der Waals surface area contributed by atoms with Crippen molar-refractivity contribution in [3.63, 3.8) is 0 Å². The van der Waals surface area contributed by atoms with Crippen molar-refractivity contribution in [1.82, 2.24) is 0 Å². The van der Waals surface area contributed by atoms with E-state index in [0.717, 1.165) is 51.7 Å². The number of aliphatic hydroxyl groups is 1. The van der Waals surface area contributed by atoms with E-state index in [1.165, 1.54) is 128 Å². The summed E-state index contributed by atoms with van der Waals surface area (Å²) in [4.78, 5) is 10.6. The standard InChI is InChI=1S/C33H66N2O3/c1-3-5-7-19-25-31-37-34-29-23-17-13-9-11-15-21-27-33(36)28-22-16-12-10-14-18-24-30-35-38-32-26-20-8-6-4-2/h29-30,33,36H,3-28,31-32H2,1-2H3. The van der Waals surface area contributed by atoms with E-state index < -0.39 is 0 Å². The van der Waals surface area contributed by atoms with Gasteiger partial charge in [0, 0.05) is 12.4 Å². The molecule has 0 rings (SSSR count). The summed E-state index contributed by atoms with van der Waals surface area (Å²) in [6.07, 6.45) is 35.3. The van der Waals surface area contributed by atoms with Crippen molar-refractivity contribution in [2.24, 2.45) is 10.3 Å². The van der Waals surface area contributed by atoms with Gasteiger partial charge < -0.3 is 14.8 Å². The Morgan fingerprint density at radius 2 is 0.816 bits per heavy atom. The molecular formula is C33H66N2O3. The molecule has 0 aliphatic carbocycles. The normalized spacial score (nSPS) is 12.6. The molecule has 0 heterocycles. The first-order chi connectivity index (χ1) is 18.8. The first-order valence-corrected chi connectivity index (χ1v) is 16.8. The van der Waals surface area contributed by atoms with Crippen LogP contribution in [0.4, 0.5) is 0 Å². The van der Waals surface area contributed by atoms with Gasteiger partial charge in [-0.25, -0.2) is 0 Å². The minimum atomic E-state index is -0.0966. The molecule has 0 unspecified atom stereocenters. The van der Waals surface area contributed by atoms with E-state index in [0.29, 0.717) is 0 Å². The van der Waals surface area contributed by atoms with E-state index in [1.54, 1.807) is 0 Å². The Balaban J connectivity index is 3.22. The molecule has 226 valence electrons. The van der Waals surface area contributed by atoms with Crippen LogP contribution in [0.2, 0.25) is 0 Å². The fourth-order valence-electron chi connectivity index (χ4n) is 4.65. The quantitative estimate of drug-likeness (QED) is 0.0526. The Kier molecular flexibility index (Phi) is 32.9. The van der Waals surface area contributed by atoms with Gasteiger partial charge in [0.25, 0.3) is 0 Å². The summed E-state index contributed by atoms with van der Waals surface area (Å²) in [5.41, 5.74) is 0. The number of rotatable bonds is 32. The van der Waals surface area contributed by atoms with E-state index in [-0.39, 0.29) is 6.10 Å². The number of hydrogen-bond acceptors (Lipinski definition) is 5. The number of aliphatic hydroxyl groups excluding tert-OH is 1. The van der Waals surface area contributed by atoms with Gasteiger partial charge in [0.15, 0.2) is 0 Å². The van der Waals surface area contributed by atoms with Gasteiger partial charge in [-0.2, -0.15) is 0 Å². The van der Waals surface area contributed by atoms with Crippen molar-refractivity contribution in [2.45, 2.75) is 187 Å². The SMILES string of the molecule is CCCCCCCON=CCCCCCCCCC(O)CCCCCCCCC=NOCCCCCCC. The van der Waals surface area contributed by atoms with Gasteiger partial charge in [0.1, 0.15) is 13.2 Å². The molecule has 0 saturated carbocycles. The molecule has 0 aromatic rings. The van der Waals surface area contributed by atoms with Crippen molar-refractivity contribution >= 4 is 12.4 Å². The number of oxime groups is 2. The van der Waals surface area contributed by atoms with Gasteiger partial charge in [-0.15, -0.1) is 0 Å². The molecule has 0 atom stereocenters. The molecule has 0 aliphatic rings. The highest BCUT2D eigenvalue weighted by Gasteiger charge is 2.03. The lowest BCUT2D eigenvalue weighted by Gasteiger charge is -2.10. The number of nitrogens with zero attached hydrogens (tertiary/aromatic N) is 2. The van der Waals surface area contributed by atoms with Gasteiger partial charge in [0.05, 0.1) is 6.10 Å². The molecule has 5 heteroatoms. The predicted molar refractivity (Wildman–Crippen MR) is 166 cm³/mol. The van der Waals surface area contributed by atoms with Crippen LogP contribution >= 0.6 is 0 Å². The molecule has 0 aromatic heterocycles. The van der Waals surface area contributed by atoms with Crippen LogP contribution in [-0.2, 0) is 9.68 Å². The molecule has 1 N–H and O–H groups in total. The molecule has 0 bridgehead atoms. The van der Waals surface area contributed by atoms with Crippen LogP contribution in [-0.4, -0.2) is 36.9 Å². The third-order valence-electron chi connectivity index (χ3n) is 7.22. The third kappa shape index (κ3) is 32.9. The van der Waals surface area contributed by atoms with E-state index in [9.17, 15) is 5.11 Å². The largest absolute Gasteiger partial charge is 0.396 e. The summed E-state index contributed by atoms with van der Waals surface area (Å²) in [7, 11) is 0. The zero-order chi connectivity index (χ0) is 27.6. The van der Waals surface area contributed by atoms with Crippen molar-refractivity contribution in [2.75, 3.05) is 13.2 Å². The predicted octanol–water partition coefficient (Wildman–Crippen LogP) is 10.5. The van der Waals surface area contributed by atoms with Crippen molar-refractivity contribution in [3.05, 3.63) is 0 Å². The van der Waals surface area contributed by atoms with Crippen LogP contribution in [0.3, 0.4) is 0 Å². The zero-order valence-electron chi connectivity index (χ0n) is 25.7. The fraction of sp³-hybridized carbons (Fsp3) is 0.939. The number of hydrogen-bond donors (Lipinski definition) is 1. The van der Waals surface area contributed by atoms with Gasteiger partial charge in [-0.1, -0.05) is 127 Å². The topological polar surface area (TPSA) is 63.4 Å². The van der Waals surface area contributed by atoms with Crippen LogP contribution < -0.4 is 0 Å². The van der Waals surface area contributed by atoms with Gasteiger partial charge in [-0.05, 0) is 64.2 Å². The third-order valence-corrected chi connectivity index (χ3v) is 7.22. The Bertz CT molecular complexity index is 443. The molecule has 0 aliphatic heterocycles. The summed E-state index contributed by atoms with van der Waals surface area (Å²) in [5, 5.41) is 18.4. The maximum atomic E-state index is 10.2. The molecule has 38 heavy (non-hydrogen) atoms. The first kappa shape index (κ1) is 36.9. The summed E-state index contributed by atoms with van der Waals surface area (Å²) >= 11 is 0. The van der Waals surface area contributed by atoms with Gasteiger partial charge in [-0.3, -0.25) is 0 Å². The van der Waals surface area contributed by atoms with E-state index >= 15 is 0 Å². The summed E-state index contributed by atoms with van der Waals surface area (Å²) < 4.78 is 0. The molecular weight excluding hydrogens is 472 g/mol. The number of unbranched alkanes of at least 4 members (excludes halogenated alkanes) is 20. The Morgan fingerprint density at radius 1 is 0.474 bits per heavy atom. The zero-order valence-corrected chi connectivity index (χ0v) is 25.7. The highest BCUT2D eigenvalue weighted by Crippen LogP contribution is 2.14. The van der Waals surface area contributed by atoms with Crippen LogP contribution in [0.25, 0.3) is 0 Å². The van der Waals surface area contributed by atoms with Crippen molar-refractivity contribution < 1.29 is 14.8 Å². The lowest BCUT2D eigenvalue weighted by atomic mass is 10.0. The maximum absolute atomic E-state index is 10.2. The van der Waals surface area contributed by atoms with E-state index in [2.05, 4.69) is 24.2 Å². The Labute approximate surface area is 237 Å². The average molecular weight is 539 g/mol. The average Bonchev–Trinajstić information content (AvgIpc) is 2.92. The first-order valence-electron chi connectivity index (χ1n) is 16.8. The lowest BCUT2D eigenvalue weighted by molar-refractivity contribution is 0.140. The lowest BCUT2D eigenvalue weighted by Crippen LogP contribution is -2.05. The van der Waals surface area contributed by atoms with Gasteiger partial charge >= 0.3 is 0 Å². The maximum Gasteiger partial charge on any atom is 0.117 e. The molecule has 0 amide bonds. The minimum Gasteiger partial charge on any atom is -0.396 e. The molecule has 0 aromatic carbocycles. The Morgan fingerprint density at radius 3 is 1.24 bits per heavy atom. The molecule has 0 radical (unpaired) electrons. The van der Waals surface area contributed by atoms with Crippen molar-refractivity contribution in [3.8, 4) is 0 Å². The van der Waals surface area contributed by atoms with Gasteiger partial charge in [0.2, 0.25) is 0 Å². The van der Waals surface area contributed by atoms with Crippen LogP contribution in [0.1, 0.15) is 181 Å². The monoisotopic (exact) mass is 539 g/mol. The van der Waals surface area contributed by atoms with Crippen LogP contribution in [0.5, 0.6) is 0 Å². The second kappa shape index (κ2) is 33.9. The highest BCUT2D eigenvalue weighted by molar-refractivity contribution is 5.56. The summed E-state index contributed by atoms with van der Waals surface area (Å²) in [6.45, 7) is 6.00. The molecule has 0 saturated heterocycles. The second-order valence-electron chi connectivity index (χ2n) is 11.1. The van der Waals surface area contributed by atoms with Crippen LogP contribution in [0.15, 0.2) is 10.3 Å². The smallest absolute Gasteiger partial charge is 0.117 e.